The number of anilines is 1. The molecular formula is C29H39N5O4S2. The molecule has 3 heterocycles. The largest absolute Gasteiger partial charge is 0.493 e. The number of rotatable bonds is 10. The fourth-order valence-electron chi connectivity index (χ4n) is 5.76. The van der Waals surface area contributed by atoms with Crippen LogP contribution >= 0.6 is 11.8 Å². The molecule has 5 rings (SSSR count). The maximum Gasteiger partial charge on any atom is 0.225 e. The molecule has 0 radical (unpaired) electrons. The molecule has 9 nitrogen and oxygen atoms in total. The summed E-state index contributed by atoms with van der Waals surface area (Å²) in [5.41, 5.74) is 0.950. The highest BCUT2D eigenvalue weighted by Crippen LogP contribution is 2.31. The van der Waals surface area contributed by atoms with Crippen molar-refractivity contribution in [2.45, 2.75) is 56.2 Å². The van der Waals surface area contributed by atoms with Crippen molar-refractivity contribution in [3.63, 3.8) is 0 Å². The lowest BCUT2D eigenvalue weighted by molar-refractivity contribution is -0.137. The van der Waals surface area contributed by atoms with E-state index in [9.17, 15) is 13.2 Å². The number of sulfone groups is 1. The summed E-state index contributed by atoms with van der Waals surface area (Å²) >= 11 is 1.92. The average Bonchev–Trinajstić information content (AvgIpc) is 3.40. The Morgan fingerprint density at radius 2 is 1.88 bits per heavy atom. The van der Waals surface area contributed by atoms with Crippen LogP contribution in [0.2, 0.25) is 0 Å². The summed E-state index contributed by atoms with van der Waals surface area (Å²) < 4.78 is 30.7. The van der Waals surface area contributed by atoms with Crippen molar-refractivity contribution in [3.05, 3.63) is 42.7 Å². The first-order valence-corrected chi connectivity index (χ1v) is 17.5. The molecule has 0 spiro atoms. The van der Waals surface area contributed by atoms with Crippen LogP contribution in [0.15, 0.2) is 42.7 Å². The maximum absolute atomic E-state index is 13.1. The Morgan fingerprint density at radius 1 is 1.10 bits per heavy atom. The van der Waals surface area contributed by atoms with Crippen LogP contribution < -0.4 is 10.1 Å². The third kappa shape index (κ3) is 7.09. The quantitative estimate of drug-likeness (QED) is 0.345. The van der Waals surface area contributed by atoms with Crippen molar-refractivity contribution in [1.29, 1.82) is 0 Å². The topological polar surface area (TPSA) is 106 Å². The number of likely N-dealkylation sites (tertiary alicyclic amines) is 1. The minimum atomic E-state index is -3.00. The molecule has 2 aliphatic rings. The SMILES string of the molecule is CSC1CCN(C(=O)[C@H]2CC[C@H](Nc3nccc(-n4ccc5c(OCCCS(C)(=O)=O)cccc54)n3)CC2)CC1. The Balaban J connectivity index is 1.18. The molecule has 1 saturated carbocycles. The van der Waals surface area contributed by atoms with Crippen LogP contribution in [0.1, 0.15) is 44.9 Å². The summed E-state index contributed by atoms with van der Waals surface area (Å²) in [5.74, 6) is 2.63. The number of aromatic nitrogens is 3. The van der Waals surface area contributed by atoms with Crippen molar-refractivity contribution in [1.82, 2.24) is 19.4 Å². The fourth-order valence-corrected chi connectivity index (χ4v) is 7.08. The van der Waals surface area contributed by atoms with E-state index in [4.69, 9.17) is 9.72 Å². The lowest BCUT2D eigenvalue weighted by Gasteiger charge is -2.36. The van der Waals surface area contributed by atoms with Crippen molar-refractivity contribution in [2.24, 2.45) is 5.92 Å². The first kappa shape index (κ1) is 28.7. The molecule has 40 heavy (non-hydrogen) atoms. The first-order valence-electron chi connectivity index (χ1n) is 14.1. The third-order valence-corrected chi connectivity index (χ3v) is 10.2. The second kappa shape index (κ2) is 12.8. The number of nitrogens with one attached hydrogen (secondary N) is 1. The molecule has 1 aliphatic heterocycles. The fraction of sp³-hybridized carbons (Fsp3) is 0.552. The van der Waals surface area contributed by atoms with E-state index in [1.807, 2.05) is 52.9 Å². The van der Waals surface area contributed by atoms with Gasteiger partial charge in [0.25, 0.3) is 0 Å². The van der Waals surface area contributed by atoms with Crippen LogP contribution in [-0.4, -0.2) is 83.0 Å². The van der Waals surface area contributed by atoms with Crippen molar-refractivity contribution < 1.29 is 17.9 Å². The van der Waals surface area contributed by atoms with Gasteiger partial charge in [-0.25, -0.2) is 13.4 Å². The lowest BCUT2D eigenvalue weighted by Crippen LogP contribution is -2.44. The van der Waals surface area contributed by atoms with Gasteiger partial charge in [-0.05, 0) is 75.5 Å². The Bertz CT molecular complexity index is 1410. The highest BCUT2D eigenvalue weighted by molar-refractivity contribution is 7.99. The average molecular weight is 586 g/mol. The smallest absolute Gasteiger partial charge is 0.225 e. The van der Waals surface area contributed by atoms with Gasteiger partial charge in [-0.1, -0.05) is 6.07 Å². The van der Waals surface area contributed by atoms with Gasteiger partial charge in [0.1, 0.15) is 21.4 Å². The van der Waals surface area contributed by atoms with E-state index in [1.165, 1.54) is 6.26 Å². The molecule has 1 aliphatic carbocycles. The molecule has 1 aromatic carbocycles. The van der Waals surface area contributed by atoms with E-state index in [0.29, 0.717) is 30.1 Å². The minimum absolute atomic E-state index is 0.107. The summed E-state index contributed by atoms with van der Waals surface area (Å²) in [6, 6.07) is 9.94. The Labute approximate surface area is 241 Å². The van der Waals surface area contributed by atoms with E-state index in [1.54, 1.807) is 6.20 Å². The minimum Gasteiger partial charge on any atom is -0.493 e. The van der Waals surface area contributed by atoms with E-state index in [-0.39, 0.29) is 17.7 Å². The second-order valence-corrected chi connectivity index (χ2v) is 14.3. The molecule has 11 heteroatoms. The predicted octanol–water partition coefficient (Wildman–Crippen LogP) is 4.56. The predicted molar refractivity (Wildman–Crippen MR) is 161 cm³/mol. The van der Waals surface area contributed by atoms with E-state index >= 15 is 0 Å². The van der Waals surface area contributed by atoms with Gasteiger partial charge in [-0.15, -0.1) is 0 Å². The summed E-state index contributed by atoms with van der Waals surface area (Å²) in [7, 11) is -3.00. The number of hydrogen-bond donors (Lipinski definition) is 1. The van der Waals surface area contributed by atoms with Crippen LogP contribution in [-0.2, 0) is 14.6 Å². The van der Waals surface area contributed by atoms with Gasteiger partial charge in [-0.2, -0.15) is 16.7 Å². The number of carbonyl (C=O) groups is 1. The molecule has 0 atom stereocenters. The third-order valence-electron chi connectivity index (χ3n) is 7.99. The Morgan fingerprint density at radius 3 is 2.60 bits per heavy atom. The van der Waals surface area contributed by atoms with Gasteiger partial charge in [0, 0.05) is 54.3 Å². The van der Waals surface area contributed by atoms with Crippen LogP contribution in [0.5, 0.6) is 5.75 Å². The van der Waals surface area contributed by atoms with Crippen LogP contribution in [0.25, 0.3) is 16.7 Å². The second-order valence-electron chi connectivity index (χ2n) is 10.9. The lowest BCUT2D eigenvalue weighted by atomic mass is 9.85. The summed E-state index contributed by atoms with van der Waals surface area (Å²) in [5, 5.41) is 5.14. The first-order chi connectivity index (χ1) is 19.3. The number of piperidine rings is 1. The van der Waals surface area contributed by atoms with Gasteiger partial charge >= 0.3 is 0 Å². The number of benzene rings is 1. The van der Waals surface area contributed by atoms with Crippen LogP contribution in [0, 0.1) is 5.92 Å². The molecular weight excluding hydrogens is 546 g/mol. The Kier molecular flexibility index (Phi) is 9.20. The standard InChI is InChI=1S/C29H39N5O4S2/c1-39-23-12-16-33(17-13-23)28(35)21-7-9-22(10-8-21)31-29-30-15-11-27(32-29)34-18-14-24-25(34)5-3-6-26(24)38-19-4-20-40(2,36)37/h3,5-6,11,14-15,18,21-23H,4,7-10,12-13,16-17,19-20H2,1-2H3,(H,30,31,32)/t21-,22-. The number of nitrogens with zero attached hydrogens (tertiary/aromatic N) is 4. The number of amides is 1. The molecule has 1 N–H and O–H groups in total. The van der Waals surface area contributed by atoms with Crippen LogP contribution in [0.4, 0.5) is 5.95 Å². The number of ether oxygens (including phenoxy) is 1. The molecule has 2 aromatic heterocycles. The summed E-state index contributed by atoms with van der Waals surface area (Å²) in [6.07, 6.45) is 13.4. The van der Waals surface area contributed by atoms with Gasteiger partial charge in [-0.3, -0.25) is 4.79 Å². The number of thioether (sulfide) groups is 1. The zero-order chi connectivity index (χ0) is 28.1. The van der Waals surface area contributed by atoms with Crippen LogP contribution in [0.3, 0.4) is 0 Å². The molecule has 2 fully saturated rings. The van der Waals surface area contributed by atoms with E-state index < -0.39 is 9.84 Å². The van der Waals surface area contributed by atoms with Crippen molar-refractivity contribution >= 4 is 44.4 Å². The molecule has 3 aromatic rings. The summed E-state index contributed by atoms with van der Waals surface area (Å²) in [6.45, 7) is 2.13. The molecule has 1 amide bonds. The number of carbonyl (C=O) groups excluding carboxylic acids is 1. The molecule has 216 valence electrons. The van der Waals surface area contributed by atoms with Gasteiger partial charge in [0.05, 0.1) is 17.9 Å². The highest BCUT2D eigenvalue weighted by Gasteiger charge is 2.31. The highest BCUT2D eigenvalue weighted by atomic mass is 32.2. The monoisotopic (exact) mass is 585 g/mol. The van der Waals surface area contributed by atoms with Gasteiger partial charge in [0.2, 0.25) is 11.9 Å². The summed E-state index contributed by atoms with van der Waals surface area (Å²) in [4.78, 5) is 24.4. The van der Waals surface area contributed by atoms with E-state index in [2.05, 4.69) is 21.5 Å². The molecule has 0 bridgehead atoms. The normalized spacial score (nSPS) is 20.5. The number of fused-ring (bicyclic) bond motifs is 1. The molecule has 1 saturated heterocycles. The molecule has 0 unspecified atom stereocenters. The maximum atomic E-state index is 13.1. The Hall–Kier alpha value is -2.79. The van der Waals surface area contributed by atoms with Crippen molar-refractivity contribution in [3.8, 4) is 11.6 Å². The zero-order valence-electron chi connectivity index (χ0n) is 23.3. The number of hydrogen-bond acceptors (Lipinski definition) is 8. The zero-order valence-corrected chi connectivity index (χ0v) is 24.9. The van der Waals surface area contributed by atoms with Gasteiger partial charge < -0.3 is 19.5 Å². The van der Waals surface area contributed by atoms with E-state index in [0.717, 1.165) is 74.1 Å². The van der Waals surface area contributed by atoms with Gasteiger partial charge in [0.15, 0.2) is 0 Å². The van der Waals surface area contributed by atoms with Crippen molar-refractivity contribution in [2.75, 3.05) is 43.3 Å².